The van der Waals surface area contributed by atoms with Crippen molar-refractivity contribution in [3.8, 4) is 5.75 Å². The fourth-order valence-corrected chi connectivity index (χ4v) is 3.00. The van der Waals surface area contributed by atoms with Crippen molar-refractivity contribution >= 4 is 56.5 Å². The Labute approximate surface area is 184 Å². The lowest BCUT2D eigenvalue weighted by Gasteiger charge is -2.14. The lowest BCUT2D eigenvalue weighted by Crippen LogP contribution is -2.34. The molecule has 0 heterocycles. The average molecular weight is 510 g/mol. The van der Waals surface area contributed by atoms with Crippen molar-refractivity contribution in [1.29, 1.82) is 0 Å². The molecule has 2 aromatic carbocycles. The number of thiocarbonyl (C=S) groups is 1. The van der Waals surface area contributed by atoms with E-state index in [1.54, 1.807) is 18.2 Å². The Hall–Kier alpha value is -1.84. The molecule has 0 spiro atoms. The number of ether oxygens (including phenoxy) is 1. The molecule has 29 heavy (non-hydrogen) atoms. The largest absolute Gasteiger partial charge is 0.492 e. The fraction of sp³-hybridized carbons (Fsp3) is 0.263. The minimum absolute atomic E-state index is 0.0315. The number of halogens is 5. The zero-order valence-electron chi connectivity index (χ0n) is 15.4. The van der Waals surface area contributed by atoms with Gasteiger partial charge in [0.25, 0.3) is 5.91 Å². The third kappa shape index (κ3) is 6.87. The monoisotopic (exact) mass is 508 g/mol. The molecule has 10 heteroatoms. The average Bonchev–Trinajstić information content (AvgIpc) is 2.61. The van der Waals surface area contributed by atoms with E-state index in [-0.39, 0.29) is 21.4 Å². The summed E-state index contributed by atoms with van der Waals surface area (Å²) in [4.78, 5) is 12.4. The summed E-state index contributed by atoms with van der Waals surface area (Å²) in [5.74, 6) is 0.393. The van der Waals surface area contributed by atoms with Crippen LogP contribution in [0.2, 0.25) is 5.02 Å². The summed E-state index contributed by atoms with van der Waals surface area (Å²) in [7, 11) is 0. The highest BCUT2D eigenvalue weighted by Gasteiger charge is 2.31. The van der Waals surface area contributed by atoms with Crippen LogP contribution in [0.25, 0.3) is 0 Å². The van der Waals surface area contributed by atoms with Crippen molar-refractivity contribution in [3.63, 3.8) is 0 Å². The van der Waals surface area contributed by atoms with Crippen molar-refractivity contribution in [2.24, 2.45) is 5.92 Å². The molecule has 0 unspecified atom stereocenters. The van der Waals surface area contributed by atoms with Gasteiger partial charge < -0.3 is 10.1 Å². The molecule has 0 saturated heterocycles. The molecule has 0 radical (unpaired) electrons. The normalized spacial score (nSPS) is 11.3. The van der Waals surface area contributed by atoms with E-state index in [0.29, 0.717) is 22.7 Å². The van der Waals surface area contributed by atoms with Crippen LogP contribution >= 0.6 is 39.7 Å². The number of amides is 1. The summed E-state index contributed by atoms with van der Waals surface area (Å²) < 4.78 is 44.8. The first kappa shape index (κ1) is 23.4. The lowest BCUT2D eigenvalue weighted by molar-refractivity contribution is -0.137. The van der Waals surface area contributed by atoms with Crippen LogP contribution in [-0.4, -0.2) is 17.6 Å². The number of nitrogens with one attached hydrogen (secondary N) is 2. The summed E-state index contributed by atoms with van der Waals surface area (Å²) >= 11 is 14.3. The highest BCUT2D eigenvalue weighted by Crippen LogP contribution is 2.33. The van der Waals surface area contributed by atoms with E-state index in [0.717, 1.165) is 18.2 Å². The van der Waals surface area contributed by atoms with Crippen molar-refractivity contribution in [1.82, 2.24) is 5.32 Å². The summed E-state index contributed by atoms with van der Waals surface area (Å²) in [6, 6.07) is 7.53. The van der Waals surface area contributed by atoms with Gasteiger partial charge in [0.1, 0.15) is 5.75 Å². The molecular weight excluding hydrogens is 493 g/mol. The molecule has 2 rings (SSSR count). The number of hydrogen-bond acceptors (Lipinski definition) is 3. The molecule has 0 atom stereocenters. The Balaban J connectivity index is 2.06. The number of carbonyl (C=O) groups excluding carboxylic acids is 1. The predicted molar refractivity (Wildman–Crippen MR) is 115 cm³/mol. The standard InChI is InChI=1S/C19H17BrClF3N2O2S/c1-10(2)9-28-16-6-3-11(7-13(16)20)17(27)26-18(29)25-15-8-12(19(22,23)24)4-5-14(15)21/h3-8,10H,9H2,1-2H3,(H2,25,26,27,29). The fourth-order valence-electron chi connectivity index (χ4n) is 2.14. The van der Waals surface area contributed by atoms with Gasteiger partial charge in [-0.2, -0.15) is 13.2 Å². The molecule has 2 aromatic rings. The van der Waals surface area contributed by atoms with Gasteiger partial charge >= 0.3 is 6.18 Å². The lowest BCUT2D eigenvalue weighted by atomic mass is 10.2. The smallest absolute Gasteiger partial charge is 0.416 e. The maximum atomic E-state index is 12.8. The van der Waals surface area contributed by atoms with Crippen LogP contribution in [0.15, 0.2) is 40.9 Å². The highest BCUT2D eigenvalue weighted by molar-refractivity contribution is 9.10. The number of anilines is 1. The van der Waals surface area contributed by atoms with E-state index >= 15 is 0 Å². The number of carbonyl (C=O) groups is 1. The molecule has 1 amide bonds. The van der Waals surface area contributed by atoms with Crippen LogP contribution in [0.4, 0.5) is 18.9 Å². The number of alkyl halides is 3. The van der Waals surface area contributed by atoms with Gasteiger partial charge in [-0.1, -0.05) is 25.4 Å². The number of hydrogen-bond donors (Lipinski definition) is 2. The summed E-state index contributed by atoms with van der Waals surface area (Å²) in [5.41, 5.74) is -0.669. The molecule has 2 N–H and O–H groups in total. The summed E-state index contributed by atoms with van der Waals surface area (Å²) in [5, 5.41) is 4.76. The molecule has 0 aromatic heterocycles. The van der Waals surface area contributed by atoms with E-state index in [9.17, 15) is 18.0 Å². The van der Waals surface area contributed by atoms with Crippen LogP contribution < -0.4 is 15.4 Å². The zero-order valence-corrected chi connectivity index (χ0v) is 18.5. The molecule has 0 aliphatic carbocycles. The number of rotatable bonds is 5. The van der Waals surface area contributed by atoms with E-state index < -0.39 is 17.6 Å². The predicted octanol–water partition coefficient (Wildman–Crippen LogP) is 6.28. The van der Waals surface area contributed by atoms with Gasteiger partial charge in [-0.05, 0) is 70.5 Å². The molecule has 156 valence electrons. The van der Waals surface area contributed by atoms with Crippen molar-refractivity contribution in [2.45, 2.75) is 20.0 Å². The van der Waals surface area contributed by atoms with Crippen LogP contribution in [0.1, 0.15) is 29.8 Å². The Kier molecular flexibility index (Phi) is 7.90. The molecule has 0 saturated carbocycles. The van der Waals surface area contributed by atoms with Gasteiger partial charge in [0.2, 0.25) is 0 Å². The first-order valence-electron chi connectivity index (χ1n) is 8.38. The maximum Gasteiger partial charge on any atom is 0.416 e. The number of benzene rings is 2. The molecule has 4 nitrogen and oxygen atoms in total. The van der Waals surface area contributed by atoms with Crippen LogP contribution in [0.3, 0.4) is 0 Å². The minimum atomic E-state index is -4.53. The Morgan fingerprint density at radius 2 is 1.93 bits per heavy atom. The topological polar surface area (TPSA) is 50.4 Å². The Bertz CT molecular complexity index is 923. The highest BCUT2D eigenvalue weighted by atomic mass is 79.9. The van der Waals surface area contributed by atoms with Gasteiger partial charge in [-0.25, -0.2) is 0 Å². The first-order valence-corrected chi connectivity index (χ1v) is 9.96. The third-order valence-electron chi connectivity index (χ3n) is 3.54. The van der Waals surface area contributed by atoms with Crippen LogP contribution in [-0.2, 0) is 6.18 Å². The second-order valence-corrected chi connectivity index (χ2v) is 8.12. The summed E-state index contributed by atoms with van der Waals surface area (Å²) in [6.45, 7) is 4.55. The molecular formula is C19H17BrClF3N2O2S. The Morgan fingerprint density at radius 1 is 1.24 bits per heavy atom. The molecule has 0 fully saturated rings. The second kappa shape index (κ2) is 9.77. The SMILES string of the molecule is CC(C)COc1ccc(C(=O)NC(=S)Nc2cc(C(F)(F)F)ccc2Cl)cc1Br. The van der Waals surface area contributed by atoms with Gasteiger partial charge in [-0.3, -0.25) is 10.1 Å². The first-order chi connectivity index (χ1) is 13.5. The van der Waals surface area contributed by atoms with Gasteiger partial charge in [0.15, 0.2) is 5.11 Å². The minimum Gasteiger partial charge on any atom is -0.492 e. The zero-order chi connectivity index (χ0) is 21.8. The molecule has 0 aliphatic heterocycles. The van der Waals surface area contributed by atoms with Crippen LogP contribution in [0.5, 0.6) is 5.75 Å². The molecule has 0 aliphatic rings. The second-order valence-electron chi connectivity index (χ2n) is 6.45. The summed E-state index contributed by atoms with van der Waals surface area (Å²) in [6.07, 6.45) is -4.53. The van der Waals surface area contributed by atoms with E-state index in [4.69, 9.17) is 28.6 Å². The van der Waals surface area contributed by atoms with Crippen molar-refractivity contribution < 1.29 is 22.7 Å². The van der Waals surface area contributed by atoms with Crippen molar-refractivity contribution in [2.75, 3.05) is 11.9 Å². The Morgan fingerprint density at radius 3 is 2.52 bits per heavy atom. The van der Waals surface area contributed by atoms with E-state index in [1.165, 1.54) is 0 Å². The van der Waals surface area contributed by atoms with Gasteiger partial charge in [0, 0.05) is 5.56 Å². The quantitative estimate of drug-likeness (QED) is 0.466. The molecule has 0 bridgehead atoms. The van der Waals surface area contributed by atoms with E-state index in [2.05, 4.69) is 26.6 Å². The van der Waals surface area contributed by atoms with Gasteiger partial charge in [0.05, 0.1) is 27.4 Å². The van der Waals surface area contributed by atoms with E-state index in [1.807, 2.05) is 13.8 Å². The maximum absolute atomic E-state index is 12.8. The third-order valence-corrected chi connectivity index (χ3v) is 4.69. The van der Waals surface area contributed by atoms with Gasteiger partial charge in [-0.15, -0.1) is 0 Å². The van der Waals surface area contributed by atoms with Crippen molar-refractivity contribution in [3.05, 3.63) is 57.0 Å². The van der Waals surface area contributed by atoms with Crippen LogP contribution in [0, 0.1) is 5.92 Å².